The van der Waals surface area contributed by atoms with Crippen LogP contribution in [0.25, 0.3) is 0 Å². The van der Waals surface area contributed by atoms with Crippen molar-refractivity contribution in [1.82, 2.24) is 14.7 Å². The maximum absolute atomic E-state index is 13.0. The molecule has 1 aromatic rings. The quantitative estimate of drug-likeness (QED) is 0.763. The second kappa shape index (κ2) is 9.16. The molecule has 0 bridgehead atoms. The number of amides is 1. The van der Waals surface area contributed by atoms with Crippen molar-refractivity contribution in [3.63, 3.8) is 0 Å². The Morgan fingerprint density at radius 3 is 2.54 bits per heavy atom. The summed E-state index contributed by atoms with van der Waals surface area (Å²) in [5, 5.41) is 13.6. The smallest absolute Gasteiger partial charge is 0.305 e. The van der Waals surface area contributed by atoms with Crippen LogP contribution in [0.5, 0.6) is 0 Å². The fourth-order valence-electron chi connectivity index (χ4n) is 3.49. The van der Waals surface area contributed by atoms with Crippen LogP contribution in [0.15, 0.2) is 0 Å². The van der Waals surface area contributed by atoms with Gasteiger partial charge in [0.15, 0.2) is 0 Å². The lowest BCUT2D eigenvalue weighted by molar-refractivity contribution is -0.140. The molecule has 146 valence electrons. The number of rotatable bonds is 8. The largest absolute Gasteiger partial charge is 0.481 e. The lowest BCUT2D eigenvalue weighted by Crippen LogP contribution is -2.45. The van der Waals surface area contributed by atoms with E-state index in [4.69, 9.17) is 9.84 Å². The zero-order valence-corrected chi connectivity index (χ0v) is 16.3. The molecule has 0 saturated carbocycles. The molecule has 1 saturated heterocycles. The number of nitrogens with zero attached hydrogens (tertiary/aromatic N) is 3. The normalized spacial score (nSPS) is 15.4. The van der Waals surface area contributed by atoms with Gasteiger partial charge in [-0.05, 0) is 32.6 Å². The predicted molar refractivity (Wildman–Crippen MR) is 98.0 cm³/mol. The molecule has 2 rings (SSSR count). The van der Waals surface area contributed by atoms with Crippen LogP contribution in [0, 0.1) is 19.8 Å². The molecule has 1 N–H and O–H groups in total. The van der Waals surface area contributed by atoms with Gasteiger partial charge in [0.05, 0.1) is 18.5 Å². The van der Waals surface area contributed by atoms with Gasteiger partial charge in [0, 0.05) is 43.6 Å². The Balaban J connectivity index is 2.15. The van der Waals surface area contributed by atoms with Crippen molar-refractivity contribution in [2.75, 3.05) is 19.8 Å². The van der Waals surface area contributed by atoms with E-state index in [1.54, 1.807) is 4.90 Å². The van der Waals surface area contributed by atoms with E-state index in [1.807, 2.05) is 18.5 Å². The van der Waals surface area contributed by atoms with Crippen LogP contribution in [0.1, 0.15) is 50.1 Å². The van der Waals surface area contributed by atoms with Crippen molar-refractivity contribution in [2.24, 2.45) is 5.92 Å². The molecule has 0 unspecified atom stereocenters. The molecule has 26 heavy (non-hydrogen) atoms. The number of hydrogen-bond donors (Lipinski definition) is 1. The van der Waals surface area contributed by atoms with Gasteiger partial charge in [-0.1, -0.05) is 13.8 Å². The Labute approximate surface area is 155 Å². The summed E-state index contributed by atoms with van der Waals surface area (Å²) < 4.78 is 7.36. The fourth-order valence-corrected chi connectivity index (χ4v) is 3.49. The molecule has 1 aliphatic rings. The standard InChI is InChI=1S/C19H31N3O4/c1-13(2)12-22-15(4)17(14(3)20-22)11-18(23)21(8-5-19(24)25)16-6-9-26-10-7-16/h13,16H,5-12H2,1-4H3,(H,24,25). The minimum absolute atomic E-state index is 0.0200. The molecule has 1 amide bonds. The minimum Gasteiger partial charge on any atom is -0.481 e. The summed E-state index contributed by atoms with van der Waals surface area (Å²) in [7, 11) is 0. The average Bonchev–Trinajstić information content (AvgIpc) is 2.82. The number of ether oxygens (including phenoxy) is 1. The maximum atomic E-state index is 13.0. The average molecular weight is 365 g/mol. The van der Waals surface area contributed by atoms with Gasteiger partial charge in [-0.15, -0.1) is 0 Å². The summed E-state index contributed by atoms with van der Waals surface area (Å²) in [6.45, 7) is 10.5. The van der Waals surface area contributed by atoms with E-state index in [0.29, 0.717) is 19.1 Å². The van der Waals surface area contributed by atoms with Crippen molar-refractivity contribution >= 4 is 11.9 Å². The summed E-state index contributed by atoms with van der Waals surface area (Å²) in [5.41, 5.74) is 2.86. The third-order valence-electron chi connectivity index (χ3n) is 4.92. The van der Waals surface area contributed by atoms with Crippen LogP contribution in [0.2, 0.25) is 0 Å². The van der Waals surface area contributed by atoms with Crippen molar-refractivity contribution in [2.45, 2.75) is 66.0 Å². The van der Waals surface area contributed by atoms with Crippen LogP contribution in [0.3, 0.4) is 0 Å². The zero-order chi connectivity index (χ0) is 19.3. The van der Waals surface area contributed by atoms with Crippen LogP contribution in [-0.4, -0.2) is 57.5 Å². The number of aryl methyl sites for hydroxylation is 1. The molecule has 1 aliphatic heterocycles. The molecule has 0 atom stereocenters. The van der Waals surface area contributed by atoms with Gasteiger partial charge >= 0.3 is 5.97 Å². The number of carboxylic acid groups (broad SMARTS) is 1. The molecule has 0 aromatic carbocycles. The Kier molecular flexibility index (Phi) is 7.20. The molecule has 1 aromatic heterocycles. The maximum Gasteiger partial charge on any atom is 0.305 e. The summed E-state index contributed by atoms with van der Waals surface area (Å²) >= 11 is 0. The highest BCUT2D eigenvalue weighted by atomic mass is 16.5. The Morgan fingerprint density at radius 2 is 1.96 bits per heavy atom. The zero-order valence-electron chi connectivity index (χ0n) is 16.3. The number of carbonyl (C=O) groups excluding carboxylic acids is 1. The molecule has 7 nitrogen and oxygen atoms in total. The number of aliphatic carboxylic acids is 1. The third kappa shape index (κ3) is 5.30. The molecule has 2 heterocycles. The third-order valence-corrected chi connectivity index (χ3v) is 4.92. The van der Waals surface area contributed by atoms with E-state index < -0.39 is 5.97 Å². The van der Waals surface area contributed by atoms with E-state index in [9.17, 15) is 9.59 Å². The molecule has 7 heteroatoms. The highest BCUT2D eigenvalue weighted by Crippen LogP contribution is 2.20. The first kappa shape index (κ1) is 20.4. The first-order valence-corrected chi connectivity index (χ1v) is 9.41. The van der Waals surface area contributed by atoms with Crippen LogP contribution >= 0.6 is 0 Å². The van der Waals surface area contributed by atoms with Crippen molar-refractivity contribution in [3.05, 3.63) is 17.0 Å². The minimum atomic E-state index is -0.882. The number of aromatic nitrogens is 2. The van der Waals surface area contributed by atoms with Gasteiger partial charge in [0.2, 0.25) is 5.91 Å². The molecular formula is C19H31N3O4. The van der Waals surface area contributed by atoms with Crippen LogP contribution < -0.4 is 0 Å². The van der Waals surface area contributed by atoms with E-state index in [1.165, 1.54) is 0 Å². The first-order chi connectivity index (χ1) is 12.3. The fraction of sp³-hybridized carbons (Fsp3) is 0.737. The van der Waals surface area contributed by atoms with E-state index in [2.05, 4.69) is 18.9 Å². The molecule has 1 fully saturated rings. The van der Waals surface area contributed by atoms with Gasteiger partial charge in [-0.3, -0.25) is 14.3 Å². The van der Waals surface area contributed by atoms with Gasteiger partial charge in [0.25, 0.3) is 0 Å². The molecule has 0 radical (unpaired) electrons. The van der Waals surface area contributed by atoms with Crippen molar-refractivity contribution < 1.29 is 19.4 Å². The Hall–Kier alpha value is -1.89. The van der Waals surface area contributed by atoms with Gasteiger partial charge in [-0.2, -0.15) is 5.10 Å². The lowest BCUT2D eigenvalue weighted by atomic mass is 10.0. The van der Waals surface area contributed by atoms with Gasteiger partial charge in [0.1, 0.15) is 0 Å². The van der Waals surface area contributed by atoms with E-state index >= 15 is 0 Å². The molecule has 0 aliphatic carbocycles. The SMILES string of the molecule is Cc1nn(CC(C)C)c(C)c1CC(=O)N(CCC(=O)O)C1CCOCC1. The van der Waals surface area contributed by atoms with Crippen LogP contribution in [0.4, 0.5) is 0 Å². The number of carboxylic acids is 1. The molecular weight excluding hydrogens is 334 g/mol. The van der Waals surface area contributed by atoms with E-state index in [0.717, 1.165) is 36.3 Å². The second-order valence-corrected chi connectivity index (χ2v) is 7.48. The summed E-state index contributed by atoms with van der Waals surface area (Å²) in [6, 6.07) is 0.0573. The monoisotopic (exact) mass is 365 g/mol. The molecule has 0 spiro atoms. The van der Waals surface area contributed by atoms with Crippen molar-refractivity contribution in [1.29, 1.82) is 0 Å². The highest BCUT2D eigenvalue weighted by Gasteiger charge is 2.27. The lowest BCUT2D eigenvalue weighted by Gasteiger charge is -2.34. The summed E-state index contributed by atoms with van der Waals surface area (Å²) in [5.74, 6) is -0.425. The number of hydrogen-bond acceptors (Lipinski definition) is 4. The Bertz CT molecular complexity index is 633. The van der Waals surface area contributed by atoms with Crippen molar-refractivity contribution in [3.8, 4) is 0 Å². The topological polar surface area (TPSA) is 84.7 Å². The van der Waals surface area contributed by atoms with Gasteiger partial charge < -0.3 is 14.7 Å². The number of carbonyl (C=O) groups is 2. The highest BCUT2D eigenvalue weighted by molar-refractivity contribution is 5.80. The van der Waals surface area contributed by atoms with Gasteiger partial charge in [-0.25, -0.2) is 0 Å². The summed E-state index contributed by atoms with van der Waals surface area (Å²) in [4.78, 5) is 25.8. The van der Waals surface area contributed by atoms with E-state index in [-0.39, 0.29) is 31.3 Å². The predicted octanol–water partition coefficient (Wildman–Crippen LogP) is 2.18. The first-order valence-electron chi connectivity index (χ1n) is 9.41. The summed E-state index contributed by atoms with van der Waals surface area (Å²) in [6.07, 6.45) is 1.76. The van der Waals surface area contributed by atoms with Crippen LogP contribution in [-0.2, 0) is 27.3 Å². The second-order valence-electron chi connectivity index (χ2n) is 7.48. The Morgan fingerprint density at radius 1 is 1.31 bits per heavy atom.